The first kappa shape index (κ1) is 13.0. The van der Waals surface area contributed by atoms with Crippen LogP contribution in [0.3, 0.4) is 0 Å². The molecule has 2 aliphatic rings. The minimum Gasteiger partial charge on any atom is -0.385 e. The maximum Gasteiger partial charge on any atom is 0.0340 e. The fourth-order valence-corrected chi connectivity index (χ4v) is 3.46. The fraction of sp³-hybridized carbons (Fsp3) is 0.647. The minimum atomic E-state index is 0.804. The van der Waals surface area contributed by atoms with Crippen LogP contribution in [0.1, 0.15) is 50.0 Å². The molecule has 0 amide bonds. The Morgan fingerprint density at radius 3 is 2.47 bits per heavy atom. The summed E-state index contributed by atoms with van der Waals surface area (Å²) in [5, 5.41) is 7.00. The summed E-state index contributed by atoms with van der Waals surface area (Å²) in [7, 11) is 0. The van der Waals surface area contributed by atoms with Gasteiger partial charge in [-0.15, -0.1) is 0 Å². The average Bonchev–Trinajstić information content (AvgIpc) is 3.00. The van der Waals surface area contributed by atoms with Gasteiger partial charge in [-0.3, -0.25) is 0 Å². The van der Waals surface area contributed by atoms with Crippen LogP contribution >= 0.6 is 0 Å². The largest absolute Gasteiger partial charge is 0.385 e. The Morgan fingerprint density at radius 2 is 1.79 bits per heavy atom. The molecule has 0 bridgehead atoms. The van der Waals surface area contributed by atoms with Crippen LogP contribution in [0.5, 0.6) is 0 Å². The van der Waals surface area contributed by atoms with E-state index in [-0.39, 0.29) is 0 Å². The zero-order valence-electron chi connectivity index (χ0n) is 11.8. The molecule has 104 valence electrons. The molecule has 1 aliphatic heterocycles. The molecule has 0 spiro atoms. The van der Waals surface area contributed by atoms with Crippen LogP contribution in [0.4, 0.5) is 5.69 Å². The van der Waals surface area contributed by atoms with Crippen molar-refractivity contribution >= 4 is 5.69 Å². The molecular weight excluding hydrogens is 232 g/mol. The predicted molar refractivity (Wildman–Crippen MR) is 81.7 cm³/mol. The third-order valence-corrected chi connectivity index (χ3v) is 4.74. The summed E-state index contributed by atoms with van der Waals surface area (Å²) in [4.78, 5) is 0. The third-order valence-electron chi connectivity index (χ3n) is 4.74. The van der Waals surface area contributed by atoms with Gasteiger partial charge in [-0.1, -0.05) is 31.4 Å². The zero-order valence-corrected chi connectivity index (χ0v) is 11.8. The van der Waals surface area contributed by atoms with E-state index in [0.29, 0.717) is 0 Å². The van der Waals surface area contributed by atoms with Crippen LogP contribution in [-0.4, -0.2) is 19.6 Å². The van der Waals surface area contributed by atoms with Gasteiger partial charge in [-0.25, -0.2) is 0 Å². The molecule has 1 unspecified atom stereocenters. The summed E-state index contributed by atoms with van der Waals surface area (Å²) >= 11 is 0. The molecule has 1 aliphatic carbocycles. The van der Waals surface area contributed by atoms with Crippen molar-refractivity contribution in [2.45, 2.75) is 44.4 Å². The highest BCUT2D eigenvalue weighted by Crippen LogP contribution is 2.32. The Morgan fingerprint density at radius 1 is 1.00 bits per heavy atom. The molecule has 1 atom stereocenters. The standard InChI is InChI=1S/C17H26N2/c1-2-4-15(5-3-1)16-6-8-17(9-7-16)19-13-14-10-11-18-12-14/h6-9,14-15,18-19H,1-5,10-13H2. The van der Waals surface area contributed by atoms with Crippen LogP contribution in [0.15, 0.2) is 24.3 Å². The van der Waals surface area contributed by atoms with Crippen molar-refractivity contribution in [1.82, 2.24) is 5.32 Å². The van der Waals surface area contributed by atoms with Gasteiger partial charge < -0.3 is 10.6 Å². The van der Waals surface area contributed by atoms with Crippen molar-refractivity contribution in [1.29, 1.82) is 0 Å². The lowest BCUT2D eigenvalue weighted by molar-refractivity contribution is 0.443. The van der Waals surface area contributed by atoms with Crippen LogP contribution in [0, 0.1) is 5.92 Å². The number of nitrogens with one attached hydrogen (secondary N) is 2. The van der Waals surface area contributed by atoms with Gasteiger partial charge in [0.05, 0.1) is 0 Å². The molecule has 1 aromatic carbocycles. The van der Waals surface area contributed by atoms with E-state index >= 15 is 0 Å². The first-order chi connectivity index (χ1) is 9.42. The van der Waals surface area contributed by atoms with Gasteiger partial charge in [0.15, 0.2) is 0 Å². The molecule has 1 saturated heterocycles. The predicted octanol–water partition coefficient (Wildman–Crippen LogP) is 3.76. The average molecular weight is 258 g/mol. The summed E-state index contributed by atoms with van der Waals surface area (Å²) in [5.74, 6) is 1.62. The Kier molecular flexibility index (Phi) is 4.39. The molecule has 2 nitrogen and oxygen atoms in total. The summed E-state index contributed by atoms with van der Waals surface area (Å²) in [6, 6.07) is 9.22. The van der Waals surface area contributed by atoms with Gasteiger partial charge in [-0.05, 0) is 61.9 Å². The van der Waals surface area contributed by atoms with Crippen molar-refractivity contribution in [3.63, 3.8) is 0 Å². The molecule has 2 heteroatoms. The third kappa shape index (κ3) is 3.50. The number of hydrogen-bond acceptors (Lipinski definition) is 2. The van der Waals surface area contributed by atoms with Crippen LogP contribution in [-0.2, 0) is 0 Å². The molecule has 3 rings (SSSR count). The smallest absolute Gasteiger partial charge is 0.0340 e. The highest BCUT2D eigenvalue weighted by Gasteiger charge is 2.16. The highest BCUT2D eigenvalue weighted by atomic mass is 14.9. The number of rotatable bonds is 4. The van der Waals surface area contributed by atoms with Gasteiger partial charge in [0.25, 0.3) is 0 Å². The highest BCUT2D eigenvalue weighted by molar-refractivity contribution is 5.45. The number of anilines is 1. The fourth-order valence-electron chi connectivity index (χ4n) is 3.46. The zero-order chi connectivity index (χ0) is 12.9. The minimum absolute atomic E-state index is 0.804. The Labute approximate surface area is 117 Å². The van der Waals surface area contributed by atoms with E-state index in [9.17, 15) is 0 Å². The topological polar surface area (TPSA) is 24.1 Å². The molecule has 1 saturated carbocycles. The normalized spacial score (nSPS) is 24.5. The lowest BCUT2D eigenvalue weighted by atomic mass is 9.84. The van der Waals surface area contributed by atoms with Crippen molar-refractivity contribution in [3.8, 4) is 0 Å². The maximum absolute atomic E-state index is 3.58. The van der Waals surface area contributed by atoms with Crippen molar-refractivity contribution in [2.24, 2.45) is 5.92 Å². The van der Waals surface area contributed by atoms with Crippen LogP contribution < -0.4 is 10.6 Å². The Balaban J connectivity index is 1.52. The van der Waals surface area contributed by atoms with Crippen molar-refractivity contribution < 1.29 is 0 Å². The van der Waals surface area contributed by atoms with Crippen molar-refractivity contribution in [2.75, 3.05) is 25.0 Å². The van der Waals surface area contributed by atoms with Crippen LogP contribution in [0.2, 0.25) is 0 Å². The molecular formula is C17H26N2. The van der Waals surface area contributed by atoms with Gasteiger partial charge >= 0.3 is 0 Å². The lowest BCUT2D eigenvalue weighted by Gasteiger charge is -2.22. The molecule has 2 N–H and O–H groups in total. The monoisotopic (exact) mass is 258 g/mol. The van der Waals surface area contributed by atoms with E-state index in [1.165, 1.54) is 57.3 Å². The summed E-state index contributed by atoms with van der Waals surface area (Å²) in [5.41, 5.74) is 2.83. The van der Waals surface area contributed by atoms with E-state index < -0.39 is 0 Å². The summed E-state index contributed by atoms with van der Waals surface area (Å²) in [6.07, 6.45) is 8.36. The summed E-state index contributed by atoms with van der Waals surface area (Å²) in [6.45, 7) is 3.47. The Bertz CT molecular complexity index is 373. The van der Waals surface area contributed by atoms with E-state index in [4.69, 9.17) is 0 Å². The van der Waals surface area contributed by atoms with Crippen molar-refractivity contribution in [3.05, 3.63) is 29.8 Å². The van der Waals surface area contributed by atoms with Gasteiger partial charge in [0.2, 0.25) is 0 Å². The molecule has 0 radical (unpaired) electrons. The second-order valence-corrected chi connectivity index (χ2v) is 6.20. The summed E-state index contributed by atoms with van der Waals surface area (Å²) < 4.78 is 0. The number of hydrogen-bond donors (Lipinski definition) is 2. The molecule has 2 fully saturated rings. The molecule has 1 heterocycles. The maximum atomic E-state index is 3.58. The van der Waals surface area contributed by atoms with Gasteiger partial charge in [-0.2, -0.15) is 0 Å². The second-order valence-electron chi connectivity index (χ2n) is 6.20. The first-order valence-electron chi connectivity index (χ1n) is 7.96. The quantitative estimate of drug-likeness (QED) is 0.859. The van der Waals surface area contributed by atoms with Gasteiger partial charge in [0, 0.05) is 12.2 Å². The van der Waals surface area contributed by atoms with E-state index in [0.717, 1.165) is 18.4 Å². The molecule has 0 aromatic heterocycles. The van der Waals surface area contributed by atoms with E-state index in [1.54, 1.807) is 5.56 Å². The van der Waals surface area contributed by atoms with Gasteiger partial charge in [0.1, 0.15) is 0 Å². The SMILES string of the molecule is c1cc(C2CCCCC2)ccc1NCC1CCNC1. The van der Waals surface area contributed by atoms with E-state index in [2.05, 4.69) is 34.9 Å². The molecule has 1 aromatic rings. The Hall–Kier alpha value is -1.02. The van der Waals surface area contributed by atoms with Crippen LogP contribution in [0.25, 0.3) is 0 Å². The lowest BCUT2D eigenvalue weighted by Crippen LogP contribution is -2.17. The second kappa shape index (κ2) is 6.42. The molecule has 19 heavy (non-hydrogen) atoms. The number of benzene rings is 1. The first-order valence-corrected chi connectivity index (χ1v) is 7.96. The van der Waals surface area contributed by atoms with E-state index in [1.807, 2.05) is 0 Å².